The summed E-state index contributed by atoms with van der Waals surface area (Å²) < 4.78 is 32.4. The van der Waals surface area contributed by atoms with Crippen molar-refractivity contribution in [2.24, 2.45) is 5.92 Å². The van der Waals surface area contributed by atoms with Gasteiger partial charge in [-0.3, -0.25) is 18.6 Å². The first-order valence-electron chi connectivity index (χ1n) is 19.7. The lowest BCUT2D eigenvalue weighted by Gasteiger charge is -2.20. The lowest BCUT2D eigenvalue weighted by atomic mass is 10.0. The Labute approximate surface area is 319 Å². The van der Waals surface area contributed by atoms with Crippen molar-refractivity contribution in [3.8, 4) is 0 Å². The molecule has 0 radical (unpaired) electrons. The van der Waals surface area contributed by atoms with Crippen LogP contribution in [0.5, 0.6) is 0 Å². The Kier molecular flexibility index (Phi) is 33.0. The SMILES string of the molecule is CCCCC/C=C\C[C@@H](O)/C=C/C=C/C=C\[C@@H](O)CCCC(=O)OC[C@H](COP(=O)(O)OC[C@@H](O)CO)OC(=O)CCCCCCCCCCC(C)C. The molecule has 5 atom stereocenters. The molecule has 1 unspecified atom stereocenters. The van der Waals surface area contributed by atoms with E-state index in [2.05, 4.69) is 31.4 Å². The quantitative estimate of drug-likeness (QED) is 0.0140. The third-order valence-corrected chi connectivity index (χ3v) is 9.06. The van der Waals surface area contributed by atoms with E-state index in [9.17, 15) is 34.4 Å². The number of carbonyl (C=O) groups is 2. The summed E-state index contributed by atoms with van der Waals surface area (Å²) in [6.07, 6.45) is 25.9. The van der Waals surface area contributed by atoms with Crippen molar-refractivity contribution in [3.05, 3.63) is 48.6 Å². The zero-order valence-electron chi connectivity index (χ0n) is 32.6. The average molecular weight is 775 g/mol. The summed E-state index contributed by atoms with van der Waals surface area (Å²) in [5.74, 6) is -0.435. The summed E-state index contributed by atoms with van der Waals surface area (Å²) in [7, 11) is -4.67. The second-order valence-electron chi connectivity index (χ2n) is 13.8. The Morgan fingerprint density at radius 3 is 1.92 bits per heavy atom. The fourth-order valence-corrected chi connectivity index (χ4v) is 5.75. The van der Waals surface area contributed by atoms with E-state index >= 15 is 0 Å². The maximum absolute atomic E-state index is 12.5. The molecule has 0 aromatic carbocycles. The molecule has 0 saturated carbocycles. The van der Waals surface area contributed by atoms with Crippen LogP contribution in [0.4, 0.5) is 0 Å². The highest BCUT2D eigenvalue weighted by atomic mass is 31.2. The van der Waals surface area contributed by atoms with Gasteiger partial charge < -0.3 is 34.8 Å². The molecule has 53 heavy (non-hydrogen) atoms. The number of esters is 2. The van der Waals surface area contributed by atoms with Gasteiger partial charge >= 0.3 is 19.8 Å². The molecule has 12 nitrogen and oxygen atoms in total. The molecule has 0 aliphatic heterocycles. The van der Waals surface area contributed by atoms with Gasteiger partial charge in [0.2, 0.25) is 0 Å². The Morgan fingerprint density at radius 2 is 1.28 bits per heavy atom. The third-order valence-electron chi connectivity index (χ3n) is 8.10. The van der Waals surface area contributed by atoms with E-state index in [4.69, 9.17) is 19.1 Å². The maximum Gasteiger partial charge on any atom is 0.472 e. The molecule has 0 heterocycles. The van der Waals surface area contributed by atoms with E-state index in [1.54, 1.807) is 36.5 Å². The van der Waals surface area contributed by atoms with Crippen LogP contribution in [-0.2, 0) is 32.7 Å². The van der Waals surface area contributed by atoms with Crippen molar-refractivity contribution >= 4 is 19.8 Å². The smallest absolute Gasteiger partial charge is 0.462 e. The lowest BCUT2D eigenvalue weighted by Crippen LogP contribution is -2.30. The van der Waals surface area contributed by atoms with Crippen LogP contribution in [-0.4, -0.2) is 88.1 Å². The average Bonchev–Trinajstić information content (AvgIpc) is 3.11. The molecule has 0 amide bonds. The third kappa shape index (κ3) is 35.3. The summed E-state index contributed by atoms with van der Waals surface area (Å²) in [6, 6.07) is 0. The summed E-state index contributed by atoms with van der Waals surface area (Å²) >= 11 is 0. The van der Waals surface area contributed by atoms with Crippen molar-refractivity contribution in [3.63, 3.8) is 0 Å². The first kappa shape index (κ1) is 50.9. The lowest BCUT2D eigenvalue weighted by molar-refractivity contribution is -0.161. The van der Waals surface area contributed by atoms with E-state index in [0.717, 1.165) is 38.0 Å². The van der Waals surface area contributed by atoms with Crippen LogP contribution in [0.1, 0.15) is 136 Å². The van der Waals surface area contributed by atoms with Gasteiger partial charge in [0.15, 0.2) is 6.10 Å². The Hall–Kier alpha value is -2.15. The minimum Gasteiger partial charge on any atom is -0.462 e. The van der Waals surface area contributed by atoms with Crippen LogP contribution < -0.4 is 0 Å². The molecule has 0 aromatic rings. The van der Waals surface area contributed by atoms with Crippen molar-refractivity contribution < 1.29 is 58.0 Å². The molecular formula is C40H71O12P. The van der Waals surface area contributed by atoms with Gasteiger partial charge in [-0.1, -0.05) is 134 Å². The number of aliphatic hydroxyl groups excluding tert-OH is 4. The van der Waals surface area contributed by atoms with Crippen molar-refractivity contribution in [2.75, 3.05) is 26.4 Å². The van der Waals surface area contributed by atoms with Gasteiger partial charge in [0.25, 0.3) is 0 Å². The number of hydrogen-bond donors (Lipinski definition) is 5. The Morgan fingerprint density at radius 1 is 0.679 bits per heavy atom. The molecule has 0 saturated heterocycles. The fraction of sp³-hybridized carbons (Fsp3) is 0.750. The maximum atomic E-state index is 12.5. The number of unbranched alkanes of at least 4 members (excludes halogenated alkanes) is 10. The Balaban J connectivity index is 4.62. The van der Waals surface area contributed by atoms with Crippen LogP contribution in [0.2, 0.25) is 0 Å². The second-order valence-corrected chi connectivity index (χ2v) is 15.3. The molecule has 0 aliphatic rings. The number of phosphoric ester groups is 1. The number of hydrogen-bond acceptors (Lipinski definition) is 11. The van der Waals surface area contributed by atoms with Gasteiger partial charge in [-0.25, -0.2) is 4.57 Å². The van der Waals surface area contributed by atoms with Crippen molar-refractivity contribution in [1.82, 2.24) is 0 Å². The number of rotatable bonds is 35. The molecule has 13 heteroatoms. The molecule has 0 bridgehead atoms. The number of phosphoric acid groups is 1. The second kappa shape index (κ2) is 34.3. The zero-order valence-corrected chi connectivity index (χ0v) is 33.5. The molecule has 0 aliphatic carbocycles. The number of aliphatic hydroxyl groups is 4. The van der Waals surface area contributed by atoms with Crippen LogP contribution in [0.15, 0.2) is 48.6 Å². The van der Waals surface area contributed by atoms with Gasteiger partial charge in [0.1, 0.15) is 12.7 Å². The molecule has 0 fully saturated rings. The summed E-state index contributed by atoms with van der Waals surface area (Å²) in [6.45, 7) is 4.26. The monoisotopic (exact) mass is 774 g/mol. The highest BCUT2D eigenvalue weighted by Gasteiger charge is 2.27. The van der Waals surface area contributed by atoms with E-state index in [-0.39, 0.29) is 12.8 Å². The minimum absolute atomic E-state index is 0.0195. The van der Waals surface area contributed by atoms with Crippen molar-refractivity contribution in [1.29, 1.82) is 0 Å². The largest absolute Gasteiger partial charge is 0.472 e. The van der Waals surface area contributed by atoms with Crippen LogP contribution in [0, 0.1) is 5.92 Å². The van der Waals surface area contributed by atoms with Gasteiger partial charge in [-0.05, 0) is 44.4 Å². The predicted octanol–water partition coefficient (Wildman–Crippen LogP) is 7.57. The standard InChI is InChI=1S/C40H71O12P/c1-4-5-6-7-13-18-24-35(42)25-19-15-16-20-26-36(43)27-22-29-39(45)49-32-38(33-51-53(47,48)50-31-37(44)30-41)52-40(46)28-21-14-11-9-8-10-12-17-23-34(2)3/h13,15-16,18-20,25-26,34-38,41-44H,4-12,14,17,21-24,27-33H2,1-3H3,(H,47,48)/b16-15+,18-13-,25-19+,26-20-/t35-,36-,37+,38-/m1/s1. The van der Waals surface area contributed by atoms with Crippen LogP contribution in [0.25, 0.3) is 0 Å². The topological polar surface area (TPSA) is 189 Å². The summed E-state index contributed by atoms with van der Waals surface area (Å²) in [5.41, 5.74) is 0. The van der Waals surface area contributed by atoms with E-state index in [1.165, 1.54) is 44.9 Å². The Bertz CT molecular complexity index is 1070. The number of ether oxygens (including phenoxy) is 2. The van der Waals surface area contributed by atoms with Crippen LogP contribution >= 0.6 is 7.82 Å². The van der Waals surface area contributed by atoms with Gasteiger partial charge in [-0.2, -0.15) is 0 Å². The molecule has 0 spiro atoms. The number of carbonyl (C=O) groups excluding carboxylic acids is 2. The van der Waals surface area contributed by atoms with E-state index in [1.807, 2.05) is 6.08 Å². The van der Waals surface area contributed by atoms with Gasteiger partial charge in [0, 0.05) is 12.8 Å². The molecule has 5 N–H and O–H groups in total. The highest BCUT2D eigenvalue weighted by Crippen LogP contribution is 2.43. The van der Waals surface area contributed by atoms with Crippen molar-refractivity contribution in [2.45, 2.75) is 161 Å². The first-order chi connectivity index (χ1) is 25.4. The first-order valence-corrected chi connectivity index (χ1v) is 21.2. The van der Waals surface area contributed by atoms with E-state index < -0.39 is 70.6 Å². The highest BCUT2D eigenvalue weighted by molar-refractivity contribution is 7.47. The fourth-order valence-electron chi connectivity index (χ4n) is 4.96. The zero-order chi connectivity index (χ0) is 39.6. The molecule has 0 rings (SSSR count). The predicted molar refractivity (Wildman–Crippen MR) is 208 cm³/mol. The normalized spacial score (nSPS) is 15.8. The summed E-state index contributed by atoms with van der Waals surface area (Å²) in [4.78, 5) is 34.8. The molecule has 0 aromatic heterocycles. The van der Waals surface area contributed by atoms with E-state index in [0.29, 0.717) is 25.7 Å². The summed E-state index contributed by atoms with van der Waals surface area (Å²) in [5, 5.41) is 38.5. The van der Waals surface area contributed by atoms with Gasteiger partial charge in [-0.15, -0.1) is 0 Å². The molecule has 308 valence electrons. The minimum atomic E-state index is -4.67. The molecular weight excluding hydrogens is 703 g/mol. The number of allylic oxidation sites excluding steroid dienone is 5. The van der Waals surface area contributed by atoms with Crippen LogP contribution in [0.3, 0.4) is 0 Å². The van der Waals surface area contributed by atoms with Gasteiger partial charge in [0.05, 0.1) is 32.0 Å².